The average Bonchev–Trinajstić information content (AvgIpc) is 2.79. The van der Waals surface area contributed by atoms with Crippen LogP contribution in [0.2, 0.25) is 0 Å². The molecule has 3 aromatic rings. The van der Waals surface area contributed by atoms with E-state index in [9.17, 15) is 9.59 Å². The Morgan fingerprint density at radius 3 is 2.74 bits per heavy atom. The highest BCUT2D eigenvalue weighted by Gasteiger charge is 2.14. The SMILES string of the molecule is Cc1cc(N2CCCCC2)nc(NCCNC(=O)Cn2cnc3ccccc3c2=O)n1. The number of fused-ring (bicyclic) bond motifs is 1. The van der Waals surface area contributed by atoms with Crippen LogP contribution in [0.15, 0.2) is 41.5 Å². The normalized spacial score (nSPS) is 13.9. The van der Waals surface area contributed by atoms with Crippen LogP contribution in [-0.2, 0) is 11.3 Å². The molecule has 0 saturated carbocycles. The van der Waals surface area contributed by atoms with Crippen molar-refractivity contribution >= 4 is 28.6 Å². The number of aryl methyl sites for hydroxylation is 1. The van der Waals surface area contributed by atoms with Gasteiger partial charge in [-0.1, -0.05) is 12.1 Å². The number of aromatic nitrogens is 4. The number of amides is 1. The molecule has 0 spiro atoms. The Hall–Kier alpha value is -3.49. The zero-order valence-electron chi connectivity index (χ0n) is 17.7. The van der Waals surface area contributed by atoms with E-state index in [2.05, 4.69) is 30.5 Å². The van der Waals surface area contributed by atoms with Crippen LogP contribution < -0.4 is 21.1 Å². The van der Waals surface area contributed by atoms with Gasteiger partial charge in [-0.2, -0.15) is 4.98 Å². The molecule has 9 heteroatoms. The molecule has 4 rings (SSSR count). The van der Waals surface area contributed by atoms with Crippen LogP contribution in [0.5, 0.6) is 0 Å². The first-order valence-corrected chi connectivity index (χ1v) is 10.7. The van der Waals surface area contributed by atoms with Gasteiger partial charge in [0.25, 0.3) is 5.56 Å². The highest BCUT2D eigenvalue weighted by atomic mass is 16.2. The van der Waals surface area contributed by atoms with Gasteiger partial charge in [0.1, 0.15) is 12.4 Å². The first kappa shape index (κ1) is 20.8. The summed E-state index contributed by atoms with van der Waals surface area (Å²) in [6, 6.07) is 9.10. The molecular weight excluding hydrogens is 394 g/mol. The quantitative estimate of drug-likeness (QED) is 0.560. The molecular formula is C22H27N7O2. The van der Waals surface area contributed by atoms with Gasteiger partial charge < -0.3 is 15.5 Å². The molecule has 2 N–H and O–H groups in total. The monoisotopic (exact) mass is 421 g/mol. The summed E-state index contributed by atoms with van der Waals surface area (Å²) in [6.07, 6.45) is 5.05. The average molecular weight is 422 g/mol. The molecule has 0 bridgehead atoms. The topological polar surface area (TPSA) is 105 Å². The van der Waals surface area contributed by atoms with Gasteiger partial charge in [-0.3, -0.25) is 14.2 Å². The van der Waals surface area contributed by atoms with Gasteiger partial charge in [-0.05, 0) is 38.3 Å². The van der Waals surface area contributed by atoms with Gasteiger partial charge in [-0.25, -0.2) is 9.97 Å². The van der Waals surface area contributed by atoms with Crippen molar-refractivity contribution in [3.63, 3.8) is 0 Å². The molecule has 1 aliphatic rings. The summed E-state index contributed by atoms with van der Waals surface area (Å²) in [4.78, 5) is 40.3. The number of anilines is 2. The van der Waals surface area contributed by atoms with E-state index < -0.39 is 0 Å². The van der Waals surface area contributed by atoms with Crippen molar-refractivity contribution in [3.05, 3.63) is 52.7 Å². The predicted octanol–water partition coefficient (Wildman–Crippen LogP) is 1.71. The zero-order valence-corrected chi connectivity index (χ0v) is 17.7. The van der Waals surface area contributed by atoms with E-state index >= 15 is 0 Å². The Labute approximate surface area is 180 Å². The molecule has 9 nitrogen and oxygen atoms in total. The first-order valence-electron chi connectivity index (χ1n) is 10.7. The molecule has 1 aliphatic heterocycles. The number of hydrogen-bond donors (Lipinski definition) is 2. The fourth-order valence-electron chi connectivity index (χ4n) is 3.72. The molecule has 2 aromatic heterocycles. The molecule has 0 radical (unpaired) electrons. The van der Waals surface area contributed by atoms with E-state index in [1.807, 2.05) is 19.1 Å². The number of hydrogen-bond acceptors (Lipinski definition) is 7. The summed E-state index contributed by atoms with van der Waals surface area (Å²) in [5, 5.41) is 6.49. The number of carbonyl (C=O) groups excluding carboxylic acids is 1. The maximum absolute atomic E-state index is 12.5. The molecule has 1 fully saturated rings. The number of para-hydroxylation sites is 1. The number of carbonyl (C=O) groups is 1. The molecule has 3 heterocycles. The van der Waals surface area contributed by atoms with E-state index in [1.165, 1.54) is 30.2 Å². The number of rotatable bonds is 7. The molecule has 0 aliphatic carbocycles. The van der Waals surface area contributed by atoms with Gasteiger partial charge in [0.05, 0.1) is 17.2 Å². The van der Waals surface area contributed by atoms with Gasteiger partial charge in [0.15, 0.2) is 0 Å². The van der Waals surface area contributed by atoms with Crippen LogP contribution in [0.3, 0.4) is 0 Å². The fourth-order valence-corrected chi connectivity index (χ4v) is 3.72. The van der Waals surface area contributed by atoms with Crippen molar-refractivity contribution in [2.75, 3.05) is 36.4 Å². The molecule has 1 aromatic carbocycles. The maximum atomic E-state index is 12.5. The number of nitrogens with zero attached hydrogens (tertiary/aromatic N) is 5. The maximum Gasteiger partial charge on any atom is 0.261 e. The molecule has 162 valence electrons. The van der Waals surface area contributed by atoms with Crippen molar-refractivity contribution < 1.29 is 4.79 Å². The van der Waals surface area contributed by atoms with E-state index in [1.54, 1.807) is 18.2 Å². The lowest BCUT2D eigenvalue weighted by molar-refractivity contribution is -0.121. The minimum atomic E-state index is -0.250. The third-order valence-electron chi connectivity index (χ3n) is 5.30. The number of piperidine rings is 1. The standard InChI is InChI=1S/C22H27N7O2/c1-16-13-19(28-11-5-2-6-12-28)27-22(26-16)24-10-9-23-20(30)14-29-15-25-18-8-4-3-7-17(18)21(29)31/h3-4,7-8,13,15H,2,5-6,9-12,14H2,1H3,(H,23,30)(H,24,26,27). The minimum absolute atomic E-state index is 0.0727. The number of nitrogens with one attached hydrogen (secondary N) is 2. The largest absolute Gasteiger partial charge is 0.356 e. The van der Waals surface area contributed by atoms with Crippen LogP contribution in [0.1, 0.15) is 25.0 Å². The van der Waals surface area contributed by atoms with Gasteiger partial charge in [-0.15, -0.1) is 0 Å². The lowest BCUT2D eigenvalue weighted by Gasteiger charge is -2.28. The Morgan fingerprint density at radius 1 is 1.10 bits per heavy atom. The van der Waals surface area contributed by atoms with Gasteiger partial charge in [0.2, 0.25) is 11.9 Å². The summed E-state index contributed by atoms with van der Waals surface area (Å²) >= 11 is 0. The van der Waals surface area contributed by atoms with Crippen LogP contribution in [-0.4, -0.2) is 51.6 Å². The van der Waals surface area contributed by atoms with Gasteiger partial charge in [0, 0.05) is 37.9 Å². The van der Waals surface area contributed by atoms with Crippen molar-refractivity contribution in [1.82, 2.24) is 24.8 Å². The van der Waals surface area contributed by atoms with E-state index in [0.717, 1.165) is 24.6 Å². The van der Waals surface area contributed by atoms with Crippen molar-refractivity contribution in [1.29, 1.82) is 0 Å². The highest BCUT2D eigenvalue weighted by molar-refractivity contribution is 5.78. The summed E-state index contributed by atoms with van der Waals surface area (Å²) < 4.78 is 1.32. The number of benzene rings is 1. The first-order chi connectivity index (χ1) is 15.1. The van der Waals surface area contributed by atoms with Crippen LogP contribution >= 0.6 is 0 Å². The second-order valence-corrected chi connectivity index (χ2v) is 7.71. The lowest BCUT2D eigenvalue weighted by Crippen LogP contribution is -2.35. The summed E-state index contributed by atoms with van der Waals surface area (Å²) in [7, 11) is 0. The van der Waals surface area contributed by atoms with Crippen molar-refractivity contribution in [2.24, 2.45) is 0 Å². The third kappa shape index (κ3) is 5.17. The summed E-state index contributed by atoms with van der Waals surface area (Å²) in [6.45, 7) is 4.81. The van der Waals surface area contributed by atoms with Crippen LogP contribution in [0.4, 0.5) is 11.8 Å². The Morgan fingerprint density at radius 2 is 1.90 bits per heavy atom. The molecule has 1 amide bonds. The van der Waals surface area contributed by atoms with E-state index in [-0.39, 0.29) is 18.0 Å². The predicted molar refractivity (Wildman–Crippen MR) is 120 cm³/mol. The summed E-state index contributed by atoms with van der Waals surface area (Å²) in [5.74, 6) is 1.26. The van der Waals surface area contributed by atoms with Crippen molar-refractivity contribution in [3.8, 4) is 0 Å². The molecule has 0 unspecified atom stereocenters. The smallest absolute Gasteiger partial charge is 0.261 e. The van der Waals surface area contributed by atoms with Crippen molar-refractivity contribution in [2.45, 2.75) is 32.7 Å². The highest BCUT2D eigenvalue weighted by Crippen LogP contribution is 2.19. The fraction of sp³-hybridized carbons (Fsp3) is 0.409. The lowest BCUT2D eigenvalue weighted by atomic mass is 10.1. The molecule has 31 heavy (non-hydrogen) atoms. The molecule has 1 saturated heterocycles. The third-order valence-corrected chi connectivity index (χ3v) is 5.30. The zero-order chi connectivity index (χ0) is 21.6. The van der Waals surface area contributed by atoms with Gasteiger partial charge >= 0.3 is 0 Å². The molecule has 0 atom stereocenters. The second-order valence-electron chi connectivity index (χ2n) is 7.71. The Bertz CT molecular complexity index is 1120. The van der Waals surface area contributed by atoms with Crippen LogP contribution in [0.25, 0.3) is 10.9 Å². The summed E-state index contributed by atoms with van der Waals surface area (Å²) in [5.41, 5.74) is 1.30. The van der Waals surface area contributed by atoms with E-state index in [0.29, 0.717) is 29.9 Å². The second kappa shape index (κ2) is 9.55. The van der Waals surface area contributed by atoms with E-state index in [4.69, 9.17) is 0 Å². The minimum Gasteiger partial charge on any atom is -0.356 e. The van der Waals surface area contributed by atoms with Crippen LogP contribution in [0, 0.1) is 6.92 Å². The Balaban J connectivity index is 1.29. The Kier molecular flexibility index (Phi) is 6.40.